The summed E-state index contributed by atoms with van der Waals surface area (Å²) in [5.74, 6) is -0.751. The average molecular weight is 370 g/mol. The van der Waals surface area contributed by atoms with Gasteiger partial charge < -0.3 is 15.2 Å². The summed E-state index contributed by atoms with van der Waals surface area (Å²) in [7, 11) is -1.97. The molecular weight excluding hydrogens is 344 g/mol. The molecule has 1 aliphatic rings. The summed E-state index contributed by atoms with van der Waals surface area (Å²) in [6, 6.07) is 0.659. The predicted molar refractivity (Wildman–Crippen MR) is 93.6 cm³/mol. The zero-order chi connectivity index (χ0) is 18.6. The summed E-state index contributed by atoms with van der Waals surface area (Å²) in [5, 5.41) is 5.31. The van der Waals surface area contributed by atoms with E-state index in [1.165, 1.54) is 21.1 Å². The third-order valence-corrected chi connectivity index (χ3v) is 6.07. The maximum Gasteiger partial charge on any atom is 0.268 e. The first-order valence-electron chi connectivity index (χ1n) is 8.52. The van der Waals surface area contributed by atoms with Crippen LogP contribution < -0.4 is 10.6 Å². The van der Waals surface area contributed by atoms with Crippen LogP contribution in [0.5, 0.6) is 0 Å². The number of carbonyl (C=O) groups excluding carboxylic acids is 2. The highest BCUT2D eigenvalue weighted by Gasteiger charge is 2.29. The van der Waals surface area contributed by atoms with Gasteiger partial charge in [-0.1, -0.05) is 6.92 Å². The molecule has 1 aromatic heterocycles. The highest BCUT2D eigenvalue weighted by molar-refractivity contribution is 7.89. The Labute approximate surface area is 148 Å². The lowest BCUT2D eigenvalue weighted by Crippen LogP contribution is -2.45. The molecule has 2 amide bonds. The smallest absolute Gasteiger partial charge is 0.268 e. The molecule has 2 rings (SSSR count). The molecule has 8 nitrogen and oxygen atoms in total. The predicted octanol–water partition coefficient (Wildman–Crippen LogP) is 0.454. The van der Waals surface area contributed by atoms with Crippen LogP contribution in [0.2, 0.25) is 0 Å². The van der Waals surface area contributed by atoms with Gasteiger partial charge in [0.2, 0.25) is 15.9 Å². The van der Waals surface area contributed by atoms with Crippen molar-refractivity contribution < 1.29 is 18.0 Å². The molecule has 1 saturated heterocycles. The minimum absolute atomic E-state index is 0.102. The first kappa shape index (κ1) is 19.5. The highest BCUT2D eigenvalue weighted by Crippen LogP contribution is 2.22. The third-order valence-electron chi connectivity index (χ3n) is 4.21. The fraction of sp³-hybridized carbons (Fsp3) is 0.625. The van der Waals surface area contributed by atoms with Crippen LogP contribution in [-0.4, -0.2) is 54.8 Å². The Bertz CT molecular complexity index is 735. The highest BCUT2D eigenvalue weighted by atomic mass is 32.2. The standard InChI is InChI=1S/C16H26N4O4S/c1-4-7-17-15(21)12(2)18-16(22)14-10-13(11-19(14)3)25(23,24)20-8-5-6-9-20/h10-12H,4-9H2,1-3H3,(H,17,21)(H,18,22). The molecule has 0 aliphatic carbocycles. The van der Waals surface area contributed by atoms with E-state index in [-0.39, 0.29) is 16.5 Å². The monoisotopic (exact) mass is 370 g/mol. The van der Waals surface area contributed by atoms with Gasteiger partial charge in [-0.05, 0) is 32.3 Å². The Morgan fingerprint density at radius 2 is 1.92 bits per heavy atom. The maximum atomic E-state index is 12.6. The number of carbonyl (C=O) groups is 2. The Hall–Kier alpha value is -1.87. The van der Waals surface area contributed by atoms with Crippen LogP contribution in [0.3, 0.4) is 0 Å². The Kier molecular flexibility index (Phi) is 6.23. The van der Waals surface area contributed by atoms with Gasteiger partial charge in [0.05, 0.1) is 0 Å². The molecule has 1 aromatic rings. The van der Waals surface area contributed by atoms with Gasteiger partial charge in [0.15, 0.2) is 0 Å². The van der Waals surface area contributed by atoms with Crippen molar-refractivity contribution in [2.45, 2.75) is 44.0 Å². The number of hydrogen-bond donors (Lipinski definition) is 2. The zero-order valence-corrected chi connectivity index (χ0v) is 15.7. The molecule has 140 valence electrons. The van der Waals surface area contributed by atoms with Gasteiger partial charge >= 0.3 is 0 Å². The molecule has 0 saturated carbocycles. The van der Waals surface area contributed by atoms with Gasteiger partial charge in [0.1, 0.15) is 16.6 Å². The van der Waals surface area contributed by atoms with Crippen LogP contribution in [-0.2, 0) is 21.9 Å². The molecule has 1 unspecified atom stereocenters. The second kappa shape index (κ2) is 8.01. The van der Waals surface area contributed by atoms with Gasteiger partial charge in [0, 0.05) is 32.9 Å². The van der Waals surface area contributed by atoms with Crippen molar-refractivity contribution in [1.82, 2.24) is 19.5 Å². The number of aryl methyl sites for hydroxylation is 1. The molecule has 0 radical (unpaired) electrons. The quantitative estimate of drug-likeness (QED) is 0.728. The van der Waals surface area contributed by atoms with Gasteiger partial charge in [-0.25, -0.2) is 8.42 Å². The number of amides is 2. The van der Waals surface area contributed by atoms with Crippen LogP contribution >= 0.6 is 0 Å². The summed E-state index contributed by atoms with van der Waals surface area (Å²) in [4.78, 5) is 24.4. The minimum atomic E-state index is -3.58. The number of aromatic nitrogens is 1. The first-order chi connectivity index (χ1) is 11.8. The average Bonchev–Trinajstić information content (AvgIpc) is 3.22. The molecule has 1 fully saturated rings. The van der Waals surface area contributed by atoms with Crippen molar-refractivity contribution in [2.75, 3.05) is 19.6 Å². The van der Waals surface area contributed by atoms with E-state index in [9.17, 15) is 18.0 Å². The molecule has 2 heterocycles. The first-order valence-corrected chi connectivity index (χ1v) is 9.96. The molecule has 2 N–H and O–H groups in total. The summed E-state index contributed by atoms with van der Waals surface area (Å²) in [5.41, 5.74) is 0.202. The van der Waals surface area contributed by atoms with E-state index in [1.807, 2.05) is 6.92 Å². The van der Waals surface area contributed by atoms with Gasteiger partial charge in [0.25, 0.3) is 5.91 Å². The van der Waals surface area contributed by atoms with E-state index in [4.69, 9.17) is 0 Å². The largest absolute Gasteiger partial charge is 0.354 e. The van der Waals surface area contributed by atoms with E-state index >= 15 is 0 Å². The Morgan fingerprint density at radius 1 is 1.28 bits per heavy atom. The van der Waals surface area contributed by atoms with Crippen molar-refractivity contribution in [3.8, 4) is 0 Å². The van der Waals surface area contributed by atoms with Gasteiger partial charge in [-0.15, -0.1) is 0 Å². The van der Waals surface area contributed by atoms with Crippen molar-refractivity contribution >= 4 is 21.8 Å². The summed E-state index contributed by atoms with van der Waals surface area (Å²) >= 11 is 0. The van der Waals surface area contributed by atoms with E-state index in [0.29, 0.717) is 19.6 Å². The van der Waals surface area contributed by atoms with Crippen molar-refractivity contribution in [1.29, 1.82) is 0 Å². The molecular formula is C16H26N4O4S. The number of sulfonamides is 1. The summed E-state index contributed by atoms with van der Waals surface area (Å²) in [6.45, 7) is 5.09. The fourth-order valence-corrected chi connectivity index (χ4v) is 4.30. The van der Waals surface area contributed by atoms with Crippen LogP contribution in [0.1, 0.15) is 43.6 Å². The normalized spacial score (nSPS) is 16.6. The number of nitrogens with one attached hydrogen (secondary N) is 2. The van der Waals surface area contributed by atoms with Crippen LogP contribution in [0.25, 0.3) is 0 Å². The maximum absolute atomic E-state index is 12.6. The SMILES string of the molecule is CCCNC(=O)C(C)NC(=O)c1cc(S(=O)(=O)N2CCCC2)cn1C. The third kappa shape index (κ3) is 4.40. The van der Waals surface area contributed by atoms with Crippen LogP contribution in [0, 0.1) is 0 Å². The summed E-state index contributed by atoms with van der Waals surface area (Å²) in [6.07, 6.45) is 3.94. The molecule has 0 bridgehead atoms. The molecule has 0 aromatic carbocycles. The lowest BCUT2D eigenvalue weighted by Gasteiger charge is -2.14. The topological polar surface area (TPSA) is 101 Å². The van der Waals surface area contributed by atoms with Gasteiger partial charge in [-0.2, -0.15) is 4.31 Å². The Balaban J connectivity index is 2.11. The second-order valence-electron chi connectivity index (χ2n) is 6.27. The van der Waals surface area contributed by atoms with Gasteiger partial charge in [-0.3, -0.25) is 9.59 Å². The number of hydrogen-bond acceptors (Lipinski definition) is 4. The minimum Gasteiger partial charge on any atom is -0.354 e. The lowest BCUT2D eigenvalue weighted by molar-refractivity contribution is -0.122. The fourth-order valence-electron chi connectivity index (χ4n) is 2.72. The number of nitrogens with zero attached hydrogens (tertiary/aromatic N) is 2. The molecule has 1 atom stereocenters. The van der Waals surface area contributed by atoms with E-state index in [0.717, 1.165) is 19.3 Å². The van der Waals surface area contributed by atoms with E-state index < -0.39 is 22.0 Å². The zero-order valence-electron chi connectivity index (χ0n) is 14.9. The summed E-state index contributed by atoms with van der Waals surface area (Å²) < 4.78 is 28.1. The van der Waals surface area contributed by atoms with Crippen molar-refractivity contribution in [3.05, 3.63) is 18.0 Å². The lowest BCUT2D eigenvalue weighted by atomic mass is 10.3. The van der Waals surface area contributed by atoms with Crippen LogP contribution in [0.15, 0.2) is 17.2 Å². The van der Waals surface area contributed by atoms with Crippen molar-refractivity contribution in [2.24, 2.45) is 7.05 Å². The van der Waals surface area contributed by atoms with Crippen molar-refractivity contribution in [3.63, 3.8) is 0 Å². The molecule has 0 spiro atoms. The molecule has 25 heavy (non-hydrogen) atoms. The van der Waals surface area contributed by atoms with E-state index in [2.05, 4.69) is 10.6 Å². The molecule has 1 aliphatic heterocycles. The Morgan fingerprint density at radius 3 is 2.52 bits per heavy atom. The molecule has 9 heteroatoms. The second-order valence-corrected chi connectivity index (χ2v) is 8.21. The van der Waals surface area contributed by atoms with E-state index in [1.54, 1.807) is 14.0 Å². The van der Waals surface area contributed by atoms with Crippen LogP contribution in [0.4, 0.5) is 0 Å². The number of rotatable bonds is 7.